The van der Waals surface area contributed by atoms with Gasteiger partial charge in [-0.25, -0.2) is 0 Å². The van der Waals surface area contributed by atoms with E-state index in [-0.39, 0.29) is 5.59 Å². The molecule has 0 unspecified atom stereocenters. The highest BCUT2D eigenvalue weighted by Crippen LogP contribution is 2.38. The smallest absolute Gasteiger partial charge is 0.398 e. The number of hydrogen-bond donors (Lipinski definition) is 0. The molecular formula is C12H14BClF3NO2. The fourth-order valence-electron chi connectivity index (χ4n) is 1.80. The average molecular weight is 308 g/mol. The van der Waals surface area contributed by atoms with Gasteiger partial charge in [0.15, 0.2) is 0 Å². The van der Waals surface area contributed by atoms with Crippen LogP contribution in [0.25, 0.3) is 0 Å². The Balaban J connectivity index is 2.42. The van der Waals surface area contributed by atoms with E-state index in [9.17, 15) is 13.2 Å². The summed E-state index contributed by atoms with van der Waals surface area (Å²) in [6, 6.07) is 0.830. The van der Waals surface area contributed by atoms with E-state index in [0.29, 0.717) is 0 Å². The van der Waals surface area contributed by atoms with E-state index in [1.807, 2.05) is 0 Å². The molecule has 2 rings (SSSR count). The van der Waals surface area contributed by atoms with Crippen molar-refractivity contribution in [1.29, 1.82) is 0 Å². The molecule has 0 N–H and O–H groups in total. The molecule has 0 saturated carbocycles. The topological polar surface area (TPSA) is 31.4 Å². The molecule has 0 radical (unpaired) electrons. The number of hydrogen-bond acceptors (Lipinski definition) is 3. The van der Waals surface area contributed by atoms with E-state index in [0.717, 1.165) is 12.3 Å². The molecule has 1 aliphatic rings. The Labute approximate surface area is 120 Å². The zero-order valence-corrected chi connectivity index (χ0v) is 12.3. The van der Waals surface area contributed by atoms with Crippen molar-refractivity contribution in [3.05, 3.63) is 22.8 Å². The maximum Gasteiger partial charge on any atom is 0.516 e. The Morgan fingerprint density at radius 3 is 2.10 bits per heavy atom. The van der Waals surface area contributed by atoms with Crippen molar-refractivity contribution in [3.8, 4) is 0 Å². The van der Waals surface area contributed by atoms with Crippen LogP contribution in [0.2, 0.25) is 5.02 Å². The summed E-state index contributed by atoms with van der Waals surface area (Å²) in [5.74, 6) is 0. The monoisotopic (exact) mass is 307 g/mol. The summed E-state index contributed by atoms with van der Waals surface area (Å²) in [6.45, 7) is 7.20. The standard InChI is InChI=1S/C12H14BClF3NO2/c1-10(2)11(3,4)20-13(19-10)9-8(14)7(5-6-18-9)12(15,16)17/h5-6H,1-4H3. The highest BCUT2D eigenvalue weighted by Gasteiger charge is 2.53. The fourth-order valence-corrected chi connectivity index (χ4v) is 2.11. The summed E-state index contributed by atoms with van der Waals surface area (Å²) in [7, 11) is -1.02. The molecule has 0 aromatic carbocycles. The predicted octanol–water partition coefficient (Wildman–Crippen LogP) is 3.05. The Hall–Kier alpha value is -0.785. The van der Waals surface area contributed by atoms with Gasteiger partial charge in [-0.15, -0.1) is 0 Å². The first-order chi connectivity index (χ1) is 8.96. The van der Waals surface area contributed by atoms with Gasteiger partial charge >= 0.3 is 13.3 Å². The van der Waals surface area contributed by atoms with Crippen LogP contribution in [0, 0.1) is 0 Å². The summed E-state index contributed by atoms with van der Waals surface area (Å²) in [5, 5.41) is -0.487. The summed E-state index contributed by atoms with van der Waals surface area (Å²) in [5.41, 5.74) is -2.34. The second-order valence-electron chi connectivity index (χ2n) is 5.64. The first-order valence-corrected chi connectivity index (χ1v) is 6.41. The van der Waals surface area contributed by atoms with Crippen LogP contribution >= 0.6 is 11.6 Å². The molecule has 2 heterocycles. The zero-order chi connectivity index (χ0) is 15.3. The first kappa shape index (κ1) is 15.6. The second kappa shape index (κ2) is 4.61. The van der Waals surface area contributed by atoms with E-state index in [1.54, 1.807) is 27.7 Å². The highest BCUT2D eigenvalue weighted by molar-refractivity contribution is 6.64. The first-order valence-electron chi connectivity index (χ1n) is 6.03. The lowest BCUT2D eigenvalue weighted by Gasteiger charge is -2.32. The van der Waals surface area contributed by atoms with Gasteiger partial charge in [0, 0.05) is 6.20 Å². The van der Waals surface area contributed by atoms with Gasteiger partial charge in [0.2, 0.25) is 0 Å². The van der Waals surface area contributed by atoms with Gasteiger partial charge in [0.05, 0.1) is 27.4 Å². The van der Waals surface area contributed by atoms with Crippen LogP contribution in [0.3, 0.4) is 0 Å². The largest absolute Gasteiger partial charge is 0.516 e. The van der Waals surface area contributed by atoms with Crippen LogP contribution in [0.5, 0.6) is 0 Å². The normalized spacial score (nSPS) is 21.3. The molecule has 8 heteroatoms. The number of alkyl halides is 3. The van der Waals surface area contributed by atoms with Crippen LogP contribution in [0.1, 0.15) is 33.3 Å². The molecule has 0 spiro atoms. The molecule has 1 aromatic rings. The van der Waals surface area contributed by atoms with Gasteiger partial charge in [-0.1, -0.05) is 11.6 Å². The van der Waals surface area contributed by atoms with Crippen molar-refractivity contribution in [2.45, 2.75) is 45.1 Å². The Morgan fingerprint density at radius 1 is 1.15 bits per heavy atom. The molecule has 0 atom stereocenters. The molecular weight excluding hydrogens is 293 g/mol. The molecule has 1 saturated heterocycles. The molecule has 1 fully saturated rings. The number of aromatic nitrogens is 1. The van der Waals surface area contributed by atoms with Gasteiger partial charge in [0.1, 0.15) is 0 Å². The van der Waals surface area contributed by atoms with Crippen LogP contribution in [-0.2, 0) is 15.5 Å². The lowest BCUT2D eigenvalue weighted by molar-refractivity contribution is -0.137. The summed E-state index contributed by atoms with van der Waals surface area (Å²) in [4.78, 5) is 3.88. The number of pyridine rings is 1. The van der Waals surface area contributed by atoms with Crippen molar-refractivity contribution in [2.75, 3.05) is 0 Å². The van der Waals surface area contributed by atoms with Crippen molar-refractivity contribution in [2.24, 2.45) is 0 Å². The molecule has 0 amide bonds. The molecule has 0 bridgehead atoms. The van der Waals surface area contributed by atoms with Gasteiger partial charge < -0.3 is 9.31 Å². The van der Waals surface area contributed by atoms with Crippen molar-refractivity contribution in [3.63, 3.8) is 0 Å². The average Bonchev–Trinajstić information content (AvgIpc) is 2.46. The Kier molecular flexibility index (Phi) is 3.60. The van der Waals surface area contributed by atoms with Crippen LogP contribution in [0.15, 0.2) is 12.3 Å². The van der Waals surface area contributed by atoms with E-state index in [4.69, 9.17) is 20.9 Å². The van der Waals surface area contributed by atoms with Crippen LogP contribution < -0.4 is 5.59 Å². The maximum atomic E-state index is 12.8. The van der Waals surface area contributed by atoms with E-state index >= 15 is 0 Å². The zero-order valence-electron chi connectivity index (χ0n) is 11.5. The molecule has 20 heavy (non-hydrogen) atoms. The molecule has 3 nitrogen and oxygen atoms in total. The summed E-state index contributed by atoms with van der Waals surface area (Å²) >= 11 is 5.82. The van der Waals surface area contributed by atoms with Gasteiger partial charge in [-0.2, -0.15) is 13.2 Å². The minimum Gasteiger partial charge on any atom is -0.398 e. The third kappa shape index (κ3) is 2.54. The molecule has 0 aliphatic carbocycles. The van der Waals surface area contributed by atoms with Crippen molar-refractivity contribution < 1.29 is 22.5 Å². The second-order valence-corrected chi connectivity index (χ2v) is 6.02. The predicted molar refractivity (Wildman–Crippen MR) is 70.0 cm³/mol. The van der Waals surface area contributed by atoms with Gasteiger partial charge in [-0.05, 0) is 33.8 Å². The number of halogens is 4. The van der Waals surface area contributed by atoms with Crippen molar-refractivity contribution >= 4 is 24.3 Å². The van der Waals surface area contributed by atoms with E-state index < -0.39 is 35.1 Å². The van der Waals surface area contributed by atoms with E-state index in [2.05, 4.69) is 4.98 Å². The minimum atomic E-state index is -4.54. The number of nitrogens with zero attached hydrogens (tertiary/aromatic N) is 1. The van der Waals surface area contributed by atoms with Crippen molar-refractivity contribution in [1.82, 2.24) is 4.98 Å². The third-order valence-electron chi connectivity index (χ3n) is 3.70. The third-order valence-corrected chi connectivity index (χ3v) is 4.10. The SMILES string of the molecule is CC1(C)OB(c2nccc(C(F)(F)F)c2Cl)OC1(C)C. The van der Waals surface area contributed by atoms with E-state index in [1.165, 1.54) is 0 Å². The van der Waals surface area contributed by atoms with Gasteiger partial charge in [0.25, 0.3) is 0 Å². The Bertz CT molecular complexity index is 518. The lowest BCUT2D eigenvalue weighted by Crippen LogP contribution is -2.41. The molecule has 1 aliphatic heterocycles. The minimum absolute atomic E-state index is 0.0554. The lowest BCUT2D eigenvalue weighted by atomic mass is 9.83. The fraction of sp³-hybridized carbons (Fsp3) is 0.583. The summed E-state index contributed by atoms with van der Waals surface area (Å²) in [6.07, 6.45) is -3.49. The summed E-state index contributed by atoms with van der Waals surface area (Å²) < 4.78 is 49.8. The van der Waals surface area contributed by atoms with Gasteiger partial charge in [-0.3, -0.25) is 4.98 Å². The Morgan fingerprint density at radius 2 is 1.65 bits per heavy atom. The van der Waals surface area contributed by atoms with Crippen LogP contribution in [0.4, 0.5) is 13.2 Å². The van der Waals surface area contributed by atoms with Crippen LogP contribution in [-0.4, -0.2) is 23.3 Å². The maximum absolute atomic E-state index is 12.8. The number of rotatable bonds is 1. The highest BCUT2D eigenvalue weighted by atomic mass is 35.5. The molecule has 110 valence electrons. The molecule has 1 aromatic heterocycles. The quantitative estimate of drug-likeness (QED) is 0.747.